The van der Waals surface area contributed by atoms with Gasteiger partial charge < -0.3 is 8.98 Å². The number of aliphatic imine (C=N–C) groups is 2. The van der Waals surface area contributed by atoms with Crippen LogP contribution in [0.3, 0.4) is 0 Å². The molecule has 0 saturated heterocycles. The Labute approximate surface area is 399 Å². The molecule has 1 aliphatic heterocycles. The Morgan fingerprint density at radius 1 is 0.464 bits per heavy atom. The molecule has 6 heteroatoms. The van der Waals surface area contributed by atoms with Crippen molar-refractivity contribution in [2.75, 3.05) is 0 Å². The summed E-state index contributed by atoms with van der Waals surface area (Å²) in [5.41, 5.74) is 11.1. The number of hydrogen-bond donors (Lipinski definition) is 0. The highest BCUT2D eigenvalue weighted by Crippen LogP contribution is 2.42. The third-order valence-corrected chi connectivity index (χ3v) is 15.7. The monoisotopic (exact) mass is 900 g/mol. The topological polar surface area (TPSA) is 47.7 Å². The van der Waals surface area contributed by atoms with E-state index in [1.165, 1.54) is 52.5 Å². The number of thiophene rings is 1. The van der Waals surface area contributed by atoms with Gasteiger partial charge >= 0.3 is 0 Å². The summed E-state index contributed by atoms with van der Waals surface area (Å²) in [6, 6.07) is 72.6. The van der Waals surface area contributed by atoms with E-state index in [0.29, 0.717) is 5.96 Å². The summed E-state index contributed by atoms with van der Waals surface area (Å²) in [7, 11) is 0. The highest BCUT2D eigenvalue weighted by Gasteiger charge is 2.26. The van der Waals surface area contributed by atoms with Crippen molar-refractivity contribution in [3.8, 4) is 5.69 Å². The molecule has 1 unspecified atom stereocenters. The van der Waals surface area contributed by atoms with Crippen LogP contribution in [0.25, 0.3) is 119 Å². The predicted molar refractivity (Wildman–Crippen MR) is 293 cm³/mol. The van der Waals surface area contributed by atoms with Crippen molar-refractivity contribution in [1.82, 2.24) is 9.13 Å². The van der Waals surface area contributed by atoms with E-state index in [1.54, 1.807) is 0 Å². The molecule has 5 nitrogen and oxygen atoms in total. The lowest BCUT2D eigenvalue weighted by atomic mass is 9.90. The van der Waals surface area contributed by atoms with Gasteiger partial charge in [0.2, 0.25) is 5.96 Å². The number of hydrogen-bond acceptors (Lipinski definition) is 4. The van der Waals surface area contributed by atoms with Gasteiger partial charge in [0.1, 0.15) is 11.2 Å². The first kappa shape index (κ1) is 38.5. The number of allylic oxidation sites excluding steroid dienone is 1. The minimum Gasteiger partial charge on any atom is -0.456 e. The van der Waals surface area contributed by atoms with Crippen molar-refractivity contribution in [2.24, 2.45) is 15.9 Å². The van der Waals surface area contributed by atoms with Crippen LogP contribution in [-0.2, 0) is 0 Å². The van der Waals surface area contributed by atoms with Crippen molar-refractivity contribution in [3.63, 3.8) is 0 Å². The van der Waals surface area contributed by atoms with E-state index in [-0.39, 0.29) is 5.92 Å². The molecule has 14 aromatic rings. The maximum Gasteiger partial charge on any atom is 0.235 e. The molecular weight excluding hydrogens is 861 g/mol. The van der Waals surface area contributed by atoms with Gasteiger partial charge in [-0.1, -0.05) is 146 Å². The Bertz CT molecular complexity index is 4460. The van der Waals surface area contributed by atoms with E-state index in [0.717, 1.165) is 89.4 Å². The third kappa shape index (κ3) is 5.82. The van der Waals surface area contributed by atoms with Crippen LogP contribution in [0.5, 0.6) is 0 Å². The van der Waals surface area contributed by atoms with Crippen LogP contribution < -0.4 is 0 Å². The minimum atomic E-state index is -0.00945. The molecule has 15 rings (SSSR count). The number of nitrogens with zero attached hydrogens (tertiary/aromatic N) is 4. The van der Waals surface area contributed by atoms with Crippen LogP contribution in [0.2, 0.25) is 0 Å². The van der Waals surface area contributed by atoms with Crippen LogP contribution in [0.15, 0.2) is 221 Å². The van der Waals surface area contributed by atoms with Gasteiger partial charge in [0.05, 0.1) is 39.2 Å². The second kappa shape index (κ2) is 14.7. The van der Waals surface area contributed by atoms with Crippen LogP contribution in [0.4, 0.5) is 0 Å². The molecule has 0 radical (unpaired) electrons. The SMILES string of the molecule is CC1C/C=C(\c2ccc3c(c2)sc2ccccc23)N=C(n2c3ccccc3c3ccccc32)N=C1c1cc(-n2c3cc4ccccc4cc3c3cc4ccccc4cc32)cc2oc3ccccc3c12. The number of rotatable bonds is 3. The van der Waals surface area contributed by atoms with Crippen molar-refractivity contribution in [3.05, 3.63) is 217 Å². The highest BCUT2D eigenvalue weighted by molar-refractivity contribution is 7.25. The lowest BCUT2D eigenvalue weighted by Gasteiger charge is -2.21. The van der Waals surface area contributed by atoms with Crippen molar-refractivity contribution < 1.29 is 4.42 Å². The van der Waals surface area contributed by atoms with E-state index in [2.05, 4.69) is 222 Å². The molecule has 0 spiro atoms. The first-order valence-corrected chi connectivity index (χ1v) is 24.5. The summed E-state index contributed by atoms with van der Waals surface area (Å²) in [5, 5.41) is 14.3. The molecule has 10 aromatic carbocycles. The van der Waals surface area contributed by atoms with E-state index in [9.17, 15) is 0 Å². The van der Waals surface area contributed by atoms with E-state index < -0.39 is 0 Å². The molecule has 69 heavy (non-hydrogen) atoms. The largest absolute Gasteiger partial charge is 0.456 e. The number of para-hydroxylation sites is 3. The van der Waals surface area contributed by atoms with Gasteiger partial charge in [0.25, 0.3) is 0 Å². The maximum atomic E-state index is 6.91. The lowest BCUT2D eigenvalue weighted by Crippen LogP contribution is -2.20. The zero-order valence-corrected chi connectivity index (χ0v) is 38.3. The normalized spacial score (nSPS) is 15.6. The molecular formula is C63H40N4OS. The van der Waals surface area contributed by atoms with Crippen LogP contribution >= 0.6 is 11.3 Å². The molecule has 0 saturated carbocycles. The maximum absolute atomic E-state index is 6.91. The van der Waals surface area contributed by atoms with E-state index in [4.69, 9.17) is 14.4 Å². The molecule has 324 valence electrons. The zero-order valence-electron chi connectivity index (χ0n) is 37.5. The third-order valence-electron chi connectivity index (χ3n) is 14.5. The molecule has 0 amide bonds. The smallest absolute Gasteiger partial charge is 0.235 e. The summed E-state index contributed by atoms with van der Waals surface area (Å²) >= 11 is 1.84. The summed E-state index contributed by atoms with van der Waals surface area (Å²) < 4.78 is 14.2. The summed E-state index contributed by atoms with van der Waals surface area (Å²) in [5.74, 6) is 0.614. The van der Waals surface area contributed by atoms with Crippen molar-refractivity contribution >= 4 is 136 Å². The van der Waals surface area contributed by atoms with Crippen LogP contribution in [-0.4, -0.2) is 20.8 Å². The highest BCUT2D eigenvalue weighted by atomic mass is 32.1. The Morgan fingerprint density at radius 3 is 1.74 bits per heavy atom. The summed E-state index contributed by atoms with van der Waals surface area (Å²) in [6.45, 7) is 2.32. The van der Waals surface area contributed by atoms with E-state index in [1.807, 2.05) is 11.3 Å². The summed E-state index contributed by atoms with van der Waals surface area (Å²) in [4.78, 5) is 11.6. The number of furan rings is 1. The Kier molecular flexibility index (Phi) is 8.21. The second-order valence-corrected chi connectivity index (χ2v) is 19.6. The summed E-state index contributed by atoms with van der Waals surface area (Å²) in [6.07, 6.45) is 3.07. The fourth-order valence-corrected chi connectivity index (χ4v) is 12.4. The quantitative estimate of drug-likeness (QED) is 0.174. The number of fused-ring (bicyclic) bond motifs is 14. The fraction of sp³-hybridized carbons (Fsp3) is 0.0476. The number of aromatic nitrogens is 2. The zero-order chi connectivity index (χ0) is 45.3. The number of benzene rings is 10. The minimum absolute atomic E-state index is 0.00945. The Morgan fingerprint density at radius 2 is 1.04 bits per heavy atom. The van der Waals surface area contributed by atoms with Crippen molar-refractivity contribution in [1.29, 1.82) is 0 Å². The average molecular weight is 901 g/mol. The first-order valence-electron chi connectivity index (χ1n) is 23.7. The van der Waals surface area contributed by atoms with Crippen LogP contribution in [0, 0.1) is 5.92 Å². The molecule has 4 aromatic heterocycles. The molecule has 1 aliphatic rings. The van der Waals surface area contributed by atoms with Gasteiger partial charge in [-0.3, -0.25) is 4.57 Å². The molecule has 0 N–H and O–H groups in total. The fourth-order valence-electron chi connectivity index (χ4n) is 11.3. The van der Waals surface area contributed by atoms with Crippen LogP contribution in [0.1, 0.15) is 24.5 Å². The van der Waals surface area contributed by atoms with Crippen molar-refractivity contribution in [2.45, 2.75) is 13.3 Å². The lowest BCUT2D eigenvalue weighted by molar-refractivity contribution is 0.668. The van der Waals surface area contributed by atoms with E-state index >= 15 is 0 Å². The Balaban J connectivity index is 1.03. The Hall–Kier alpha value is -8.58. The molecule has 0 bridgehead atoms. The average Bonchev–Trinajstić information content (AvgIpc) is 4.13. The second-order valence-electron chi connectivity index (χ2n) is 18.5. The molecule has 0 fully saturated rings. The van der Waals surface area contributed by atoms with Gasteiger partial charge in [0.15, 0.2) is 0 Å². The molecule has 5 heterocycles. The van der Waals surface area contributed by atoms with Gasteiger partial charge in [0, 0.05) is 75.6 Å². The predicted octanol–water partition coefficient (Wildman–Crippen LogP) is 17.2. The first-order chi connectivity index (χ1) is 34.1. The van der Waals surface area contributed by atoms with Gasteiger partial charge in [-0.05, 0) is 88.6 Å². The van der Waals surface area contributed by atoms with Gasteiger partial charge in [-0.15, -0.1) is 11.3 Å². The van der Waals surface area contributed by atoms with Gasteiger partial charge in [-0.2, -0.15) is 0 Å². The molecule has 0 aliphatic carbocycles. The molecule has 1 atom stereocenters. The standard InChI is InChI=1S/C63H40N4OS/c1-37-26-29-52(42-27-28-47-46-20-9-13-25-59(46)69-60(47)34-42)64-63(67-53-22-10-6-18-44(53)45-19-7-11-23-54(45)67)65-62(37)51-35-43(36-58-61(51)48-21-8-12-24-57(48)68-58)66-55-32-40-16-4-2-14-38(40)30-49(55)50-31-39-15-3-5-17-41(39)33-56(50)66/h2-25,27-37H,26H2,1H3/b52-29+,64-63?,65-62?. The van der Waals surface area contributed by atoms with Gasteiger partial charge in [-0.25, -0.2) is 9.98 Å².